The van der Waals surface area contributed by atoms with Gasteiger partial charge in [-0.2, -0.15) is 0 Å². The van der Waals surface area contributed by atoms with Gasteiger partial charge in [0.25, 0.3) is 0 Å². The average molecular weight is 327 g/mol. The second kappa shape index (κ2) is 5.21. The average Bonchev–Trinajstić information content (AvgIpc) is 3.00. The molecule has 0 saturated carbocycles. The lowest BCUT2D eigenvalue weighted by Gasteiger charge is -2.25. The molecule has 3 heteroatoms. The van der Waals surface area contributed by atoms with Gasteiger partial charge in [0.15, 0.2) is 5.75 Å². The van der Waals surface area contributed by atoms with Crippen LogP contribution in [-0.4, -0.2) is 11.0 Å². The van der Waals surface area contributed by atoms with E-state index in [0.717, 1.165) is 32.9 Å². The molecular formula is C22H17NO2. The maximum Gasteiger partial charge on any atom is 0.312 e. The summed E-state index contributed by atoms with van der Waals surface area (Å²) in [6.45, 7) is 2.09. The zero-order valence-corrected chi connectivity index (χ0v) is 13.9. The second-order valence-electron chi connectivity index (χ2n) is 6.72. The minimum absolute atomic E-state index is 0.0370. The van der Waals surface area contributed by atoms with E-state index in [9.17, 15) is 4.79 Å². The number of ether oxygens (including phenoxy) is 1. The van der Waals surface area contributed by atoms with Crippen molar-refractivity contribution in [1.82, 2.24) is 4.98 Å². The van der Waals surface area contributed by atoms with Crippen molar-refractivity contribution in [3.8, 4) is 5.75 Å². The van der Waals surface area contributed by atoms with Gasteiger partial charge in [0.2, 0.25) is 0 Å². The summed E-state index contributed by atoms with van der Waals surface area (Å²) < 4.78 is 5.69. The van der Waals surface area contributed by atoms with Crippen LogP contribution in [0.2, 0.25) is 0 Å². The third kappa shape index (κ3) is 2.16. The first-order valence-electron chi connectivity index (χ1n) is 8.51. The third-order valence-corrected chi connectivity index (χ3v) is 5.08. The van der Waals surface area contributed by atoms with Crippen LogP contribution in [0, 0.1) is 6.92 Å². The molecular weight excluding hydrogens is 310 g/mol. The first-order valence-corrected chi connectivity index (χ1v) is 8.51. The van der Waals surface area contributed by atoms with Crippen LogP contribution in [-0.2, 0) is 4.79 Å². The fourth-order valence-corrected chi connectivity index (χ4v) is 3.87. The fourth-order valence-electron chi connectivity index (χ4n) is 3.87. The van der Waals surface area contributed by atoms with Gasteiger partial charge >= 0.3 is 5.97 Å². The predicted octanol–water partition coefficient (Wildman–Crippen LogP) is 5.07. The van der Waals surface area contributed by atoms with Gasteiger partial charge in [0.05, 0.1) is 11.9 Å². The van der Waals surface area contributed by atoms with Crippen molar-refractivity contribution in [1.29, 1.82) is 0 Å². The molecule has 4 aromatic rings. The molecule has 1 atom stereocenters. The summed E-state index contributed by atoms with van der Waals surface area (Å²) in [6.07, 6.45) is 0.377. The molecule has 0 aliphatic carbocycles. The van der Waals surface area contributed by atoms with E-state index in [-0.39, 0.29) is 11.9 Å². The molecule has 0 amide bonds. The van der Waals surface area contributed by atoms with Gasteiger partial charge in [0.1, 0.15) is 0 Å². The van der Waals surface area contributed by atoms with Crippen LogP contribution >= 0.6 is 0 Å². The molecule has 0 fully saturated rings. The van der Waals surface area contributed by atoms with Crippen LogP contribution in [0.4, 0.5) is 0 Å². The topological polar surface area (TPSA) is 42.1 Å². The quantitative estimate of drug-likeness (QED) is 0.392. The molecule has 3 aromatic carbocycles. The molecule has 1 aliphatic rings. The highest BCUT2D eigenvalue weighted by molar-refractivity contribution is 6.10. The molecule has 3 nitrogen and oxygen atoms in total. The molecule has 1 aromatic heterocycles. The van der Waals surface area contributed by atoms with Crippen LogP contribution in [0.3, 0.4) is 0 Å². The maximum atomic E-state index is 12.3. The summed E-state index contributed by atoms with van der Waals surface area (Å²) >= 11 is 0. The Balaban J connectivity index is 1.79. The van der Waals surface area contributed by atoms with E-state index in [1.807, 2.05) is 18.2 Å². The highest BCUT2D eigenvalue weighted by Gasteiger charge is 2.30. The lowest BCUT2D eigenvalue weighted by molar-refractivity contribution is -0.135. The van der Waals surface area contributed by atoms with E-state index >= 15 is 0 Å². The number of fused-ring (bicyclic) bond motifs is 5. The first-order chi connectivity index (χ1) is 12.2. The highest BCUT2D eigenvalue weighted by Crippen LogP contribution is 2.44. The molecule has 0 bridgehead atoms. The monoisotopic (exact) mass is 327 g/mol. The van der Waals surface area contributed by atoms with Crippen LogP contribution in [0.15, 0.2) is 60.7 Å². The number of carbonyl (C=O) groups is 1. The van der Waals surface area contributed by atoms with E-state index < -0.39 is 0 Å². The summed E-state index contributed by atoms with van der Waals surface area (Å²) in [7, 11) is 0. The predicted molar refractivity (Wildman–Crippen MR) is 99.1 cm³/mol. The Hall–Kier alpha value is -3.07. The van der Waals surface area contributed by atoms with Crippen molar-refractivity contribution in [2.75, 3.05) is 0 Å². The molecule has 1 aliphatic heterocycles. The summed E-state index contributed by atoms with van der Waals surface area (Å²) in [5, 5.41) is 2.26. The zero-order chi connectivity index (χ0) is 17.0. The number of H-pyrrole nitrogens is 1. The summed E-state index contributed by atoms with van der Waals surface area (Å²) in [5.74, 6) is 0.537. The number of hydrogen-bond donors (Lipinski definition) is 1. The van der Waals surface area contributed by atoms with Crippen LogP contribution in [0.1, 0.15) is 29.0 Å². The second-order valence-corrected chi connectivity index (χ2v) is 6.72. The number of nitrogens with one attached hydrogen (secondary N) is 1. The Labute approximate surface area is 145 Å². The SMILES string of the molecule is Cc1ccc2[nH]c3c4c(ccc3c2c1)C(c1ccccc1)CC(=O)O4. The van der Waals surface area contributed by atoms with Gasteiger partial charge in [-0.3, -0.25) is 4.79 Å². The first kappa shape index (κ1) is 14.3. The molecule has 2 heterocycles. The summed E-state index contributed by atoms with van der Waals surface area (Å²) in [5.41, 5.74) is 5.40. The van der Waals surface area contributed by atoms with E-state index in [4.69, 9.17) is 4.74 Å². The van der Waals surface area contributed by atoms with Crippen molar-refractivity contribution < 1.29 is 9.53 Å². The summed E-state index contributed by atoms with van der Waals surface area (Å²) in [6, 6.07) is 20.8. The molecule has 1 N–H and O–H groups in total. The van der Waals surface area contributed by atoms with Crippen molar-refractivity contribution in [2.45, 2.75) is 19.3 Å². The van der Waals surface area contributed by atoms with Gasteiger partial charge in [-0.05, 0) is 24.6 Å². The number of hydrogen-bond acceptors (Lipinski definition) is 2. The number of carbonyl (C=O) groups excluding carboxylic acids is 1. The molecule has 0 saturated heterocycles. The number of aryl methyl sites for hydroxylation is 1. The van der Waals surface area contributed by atoms with Crippen molar-refractivity contribution in [2.24, 2.45) is 0 Å². The number of benzene rings is 3. The van der Waals surface area contributed by atoms with E-state index in [2.05, 4.69) is 54.4 Å². The third-order valence-electron chi connectivity index (χ3n) is 5.08. The lowest BCUT2D eigenvalue weighted by atomic mass is 9.86. The largest absolute Gasteiger partial charge is 0.424 e. The minimum Gasteiger partial charge on any atom is -0.424 e. The van der Waals surface area contributed by atoms with Gasteiger partial charge in [-0.15, -0.1) is 0 Å². The normalized spacial score (nSPS) is 16.8. The Bertz CT molecular complexity index is 1130. The Kier molecular flexibility index (Phi) is 2.98. The van der Waals surface area contributed by atoms with Crippen molar-refractivity contribution in [3.05, 3.63) is 77.4 Å². The van der Waals surface area contributed by atoms with Gasteiger partial charge in [-0.1, -0.05) is 54.1 Å². The number of rotatable bonds is 1. The minimum atomic E-state index is -0.177. The zero-order valence-electron chi connectivity index (χ0n) is 13.9. The van der Waals surface area contributed by atoms with Gasteiger partial charge in [-0.25, -0.2) is 0 Å². The number of aromatic nitrogens is 1. The van der Waals surface area contributed by atoms with Crippen LogP contribution in [0.5, 0.6) is 5.75 Å². The Morgan fingerprint density at radius 1 is 1.00 bits per heavy atom. The number of esters is 1. The maximum absolute atomic E-state index is 12.3. The molecule has 1 unspecified atom stereocenters. The molecule has 25 heavy (non-hydrogen) atoms. The molecule has 122 valence electrons. The van der Waals surface area contributed by atoms with E-state index in [1.165, 1.54) is 5.56 Å². The standard InChI is InChI=1S/C22H17NO2/c1-13-7-10-19-18(11-13)15-8-9-16-17(14-5-3-2-4-6-14)12-20(24)25-22(16)21(15)23-19/h2-11,17,23H,12H2,1H3. The fraction of sp³-hybridized carbons (Fsp3) is 0.136. The van der Waals surface area contributed by atoms with Crippen molar-refractivity contribution in [3.63, 3.8) is 0 Å². The van der Waals surface area contributed by atoms with Gasteiger partial charge < -0.3 is 9.72 Å². The Morgan fingerprint density at radius 3 is 2.68 bits per heavy atom. The van der Waals surface area contributed by atoms with Crippen LogP contribution < -0.4 is 4.74 Å². The van der Waals surface area contributed by atoms with E-state index in [0.29, 0.717) is 12.2 Å². The Morgan fingerprint density at radius 2 is 1.84 bits per heavy atom. The number of aromatic amines is 1. The lowest BCUT2D eigenvalue weighted by Crippen LogP contribution is -2.21. The van der Waals surface area contributed by atoms with Crippen LogP contribution in [0.25, 0.3) is 21.8 Å². The van der Waals surface area contributed by atoms with Crippen molar-refractivity contribution >= 4 is 27.8 Å². The molecule has 0 spiro atoms. The van der Waals surface area contributed by atoms with Gasteiger partial charge in [0, 0.05) is 27.8 Å². The smallest absolute Gasteiger partial charge is 0.312 e. The van der Waals surface area contributed by atoms with E-state index in [1.54, 1.807) is 0 Å². The summed E-state index contributed by atoms with van der Waals surface area (Å²) in [4.78, 5) is 15.7. The molecule has 5 rings (SSSR count). The molecule has 0 radical (unpaired) electrons. The highest BCUT2D eigenvalue weighted by atomic mass is 16.5.